The zero-order chi connectivity index (χ0) is 12.1. The van der Waals surface area contributed by atoms with Crippen molar-refractivity contribution in [2.24, 2.45) is 5.92 Å². The summed E-state index contributed by atoms with van der Waals surface area (Å²) in [7, 11) is 1.99. The van der Waals surface area contributed by atoms with E-state index in [4.69, 9.17) is 0 Å². The summed E-state index contributed by atoms with van der Waals surface area (Å²) in [5, 5.41) is 16.3. The molecule has 3 nitrogen and oxygen atoms in total. The molecule has 3 N–H and O–H groups in total. The van der Waals surface area contributed by atoms with Crippen LogP contribution in [0.15, 0.2) is 24.3 Å². The quantitative estimate of drug-likeness (QED) is 0.743. The van der Waals surface area contributed by atoms with E-state index < -0.39 is 0 Å². The molecule has 0 amide bonds. The first-order chi connectivity index (χ1) is 8.31. The van der Waals surface area contributed by atoms with Crippen LogP contribution in [0.5, 0.6) is 5.75 Å². The average Bonchev–Trinajstić information content (AvgIpc) is 2.37. The highest BCUT2D eigenvalue weighted by Gasteiger charge is 2.24. The Bertz CT molecular complexity index is 348. The predicted octanol–water partition coefficient (Wildman–Crippen LogP) is 1.69. The van der Waals surface area contributed by atoms with Gasteiger partial charge in [-0.25, -0.2) is 0 Å². The lowest BCUT2D eigenvalue weighted by Crippen LogP contribution is -2.36. The second-order valence-corrected chi connectivity index (χ2v) is 4.87. The molecule has 0 aromatic heterocycles. The number of aromatic hydroxyl groups is 1. The number of hydrogen-bond donors (Lipinski definition) is 3. The van der Waals surface area contributed by atoms with E-state index in [-0.39, 0.29) is 0 Å². The molecule has 1 aromatic rings. The maximum Gasteiger partial charge on any atom is 0.115 e. The van der Waals surface area contributed by atoms with E-state index in [0.717, 1.165) is 19.6 Å². The molecule has 1 heterocycles. The summed E-state index contributed by atoms with van der Waals surface area (Å²) < 4.78 is 0. The highest BCUT2D eigenvalue weighted by atomic mass is 16.3. The Balaban J connectivity index is 2.15. The fourth-order valence-electron chi connectivity index (χ4n) is 2.75. The number of benzene rings is 1. The third kappa shape index (κ3) is 3.20. The zero-order valence-corrected chi connectivity index (χ0v) is 10.4. The first-order valence-electron chi connectivity index (χ1n) is 6.45. The number of nitrogens with one attached hydrogen (secondary N) is 2. The summed E-state index contributed by atoms with van der Waals surface area (Å²) >= 11 is 0. The molecule has 0 spiro atoms. The van der Waals surface area contributed by atoms with Gasteiger partial charge < -0.3 is 15.7 Å². The van der Waals surface area contributed by atoms with Gasteiger partial charge in [-0.05, 0) is 56.6 Å². The lowest BCUT2D eigenvalue weighted by Gasteiger charge is -2.31. The van der Waals surface area contributed by atoms with Crippen LogP contribution in [-0.4, -0.2) is 31.8 Å². The topological polar surface area (TPSA) is 44.3 Å². The molecule has 1 aromatic carbocycles. The predicted molar refractivity (Wildman–Crippen MR) is 70.4 cm³/mol. The van der Waals surface area contributed by atoms with Gasteiger partial charge >= 0.3 is 0 Å². The average molecular weight is 234 g/mol. The standard InChI is InChI=1S/C14H22N2O/c1-15-10-14(12-5-3-7-16-9-12)11-4-2-6-13(17)8-11/h2,4,6,8,12,14-17H,3,5,7,9-10H2,1H3. The third-order valence-corrected chi connectivity index (χ3v) is 3.63. The number of phenolic OH excluding ortho intramolecular Hbond substituents is 1. The van der Waals surface area contributed by atoms with Crippen LogP contribution in [0.4, 0.5) is 0 Å². The summed E-state index contributed by atoms with van der Waals surface area (Å²) in [6.07, 6.45) is 2.53. The van der Waals surface area contributed by atoms with Crippen LogP contribution < -0.4 is 10.6 Å². The first kappa shape index (κ1) is 12.4. The smallest absolute Gasteiger partial charge is 0.115 e. The summed E-state index contributed by atoms with van der Waals surface area (Å²) in [6.45, 7) is 3.20. The van der Waals surface area contributed by atoms with Gasteiger partial charge in [0.25, 0.3) is 0 Å². The van der Waals surface area contributed by atoms with Crippen molar-refractivity contribution < 1.29 is 5.11 Å². The highest BCUT2D eigenvalue weighted by Crippen LogP contribution is 2.30. The molecule has 3 heteroatoms. The monoisotopic (exact) mass is 234 g/mol. The van der Waals surface area contributed by atoms with Gasteiger partial charge in [0.1, 0.15) is 5.75 Å². The molecule has 1 fully saturated rings. The summed E-state index contributed by atoms with van der Waals surface area (Å²) in [5.41, 5.74) is 1.24. The Morgan fingerprint density at radius 1 is 1.53 bits per heavy atom. The molecule has 1 saturated heterocycles. The zero-order valence-electron chi connectivity index (χ0n) is 10.4. The molecule has 1 aliphatic heterocycles. The minimum absolute atomic E-state index is 0.368. The normalized spacial score (nSPS) is 22.3. The summed E-state index contributed by atoms with van der Waals surface area (Å²) in [4.78, 5) is 0. The minimum Gasteiger partial charge on any atom is -0.508 e. The van der Waals surface area contributed by atoms with Gasteiger partial charge in [0.15, 0.2) is 0 Å². The first-order valence-corrected chi connectivity index (χ1v) is 6.45. The fraction of sp³-hybridized carbons (Fsp3) is 0.571. The Labute approximate surface area is 103 Å². The van der Waals surface area contributed by atoms with Crippen molar-refractivity contribution in [3.05, 3.63) is 29.8 Å². The van der Waals surface area contributed by atoms with Crippen molar-refractivity contribution in [3.8, 4) is 5.75 Å². The van der Waals surface area contributed by atoms with Crippen LogP contribution in [0.3, 0.4) is 0 Å². The lowest BCUT2D eigenvalue weighted by atomic mass is 9.81. The third-order valence-electron chi connectivity index (χ3n) is 3.63. The number of phenols is 1. The molecule has 2 unspecified atom stereocenters. The molecule has 1 aliphatic rings. The van der Waals surface area contributed by atoms with Crippen LogP contribution in [0.25, 0.3) is 0 Å². The molecule has 2 rings (SSSR count). The van der Waals surface area contributed by atoms with E-state index in [1.54, 1.807) is 6.07 Å². The van der Waals surface area contributed by atoms with Crippen molar-refractivity contribution in [1.82, 2.24) is 10.6 Å². The van der Waals surface area contributed by atoms with E-state index in [9.17, 15) is 5.11 Å². The Morgan fingerprint density at radius 2 is 2.41 bits per heavy atom. The second kappa shape index (κ2) is 6.03. The van der Waals surface area contributed by atoms with Crippen molar-refractivity contribution in [3.63, 3.8) is 0 Å². The van der Waals surface area contributed by atoms with Crippen molar-refractivity contribution >= 4 is 0 Å². The molecule has 0 bridgehead atoms. The fourth-order valence-corrected chi connectivity index (χ4v) is 2.75. The van der Waals surface area contributed by atoms with Gasteiger partial charge in [-0.3, -0.25) is 0 Å². The maximum atomic E-state index is 9.59. The van der Waals surface area contributed by atoms with Gasteiger partial charge in [0, 0.05) is 12.5 Å². The molecule has 2 atom stereocenters. The molecular formula is C14H22N2O. The van der Waals surface area contributed by atoms with E-state index in [1.165, 1.54) is 18.4 Å². The molecular weight excluding hydrogens is 212 g/mol. The van der Waals surface area contributed by atoms with Crippen molar-refractivity contribution in [2.75, 3.05) is 26.7 Å². The van der Waals surface area contributed by atoms with Gasteiger partial charge in [-0.2, -0.15) is 0 Å². The molecule has 0 aliphatic carbocycles. The van der Waals surface area contributed by atoms with Gasteiger partial charge in [-0.1, -0.05) is 12.1 Å². The number of rotatable bonds is 4. The van der Waals surface area contributed by atoms with Crippen LogP contribution in [0.1, 0.15) is 24.3 Å². The second-order valence-electron chi connectivity index (χ2n) is 4.87. The van der Waals surface area contributed by atoms with Crippen LogP contribution >= 0.6 is 0 Å². The SMILES string of the molecule is CNCC(c1cccc(O)c1)C1CCCNC1. The van der Waals surface area contributed by atoms with Gasteiger partial charge in [-0.15, -0.1) is 0 Å². The molecule has 0 saturated carbocycles. The minimum atomic E-state index is 0.368. The summed E-state index contributed by atoms with van der Waals surface area (Å²) in [6, 6.07) is 7.69. The Morgan fingerprint density at radius 3 is 3.06 bits per heavy atom. The number of hydrogen-bond acceptors (Lipinski definition) is 3. The lowest BCUT2D eigenvalue weighted by molar-refractivity contribution is 0.317. The largest absolute Gasteiger partial charge is 0.508 e. The number of piperidine rings is 1. The van der Waals surface area contributed by atoms with Crippen molar-refractivity contribution in [2.45, 2.75) is 18.8 Å². The van der Waals surface area contributed by atoms with E-state index >= 15 is 0 Å². The van der Waals surface area contributed by atoms with E-state index in [1.807, 2.05) is 19.2 Å². The summed E-state index contributed by atoms with van der Waals surface area (Å²) in [5.74, 6) is 1.52. The van der Waals surface area contributed by atoms with Crippen LogP contribution in [-0.2, 0) is 0 Å². The Kier molecular flexibility index (Phi) is 4.40. The maximum absolute atomic E-state index is 9.59. The van der Waals surface area contributed by atoms with Crippen LogP contribution in [0, 0.1) is 5.92 Å². The molecule has 17 heavy (non-hydrogen) atoms. The highest BCUT2D eigenvalue weighted by molar-refractivity contribution is 5.30. The van der Waals surface area contributed by atoms with E-state index in [2.05, 4.69) is 16.7 Å². The van der Waals surface area contributed by atoms with Crippen LogP contribution in [0.2, 0.25) is 0 Å². The van der Waals surface area contributed by atoms with Gasteiger partial charge in [0.05, 0.1) is 0 Å². The van der Waals surface area contributed by atoms with Crippen molar-refractivity contribution in [1.29, 1.82) is 0 Å². The van der Waals surface area contributed by atoms with Gasteiger partial charge in [0.2, 0.25) is 0 Å². The molecule has 0 radical (unpaired) electrons. The Hall–Kier alpha value is -1.06. The molecule has 94 valence electrons. The number of likely N-dealkylation sites (N-methyl/N-ethyl adjacent to an activating group) is 1. The van der Waals surface area contributed by atoms with E-state index in [0.29, 0.717) is 17.6 Å².